The number of cyclic esters (lactones) is 1. The van der Waals surface area contributed by atoms with Crippen LogP contribution in [0.2, 0.25) is 0 Å². The average Bonchev–Trinajstić information content (AvgIpc) is 3.45. The van der Waals surface area contributed by atoms with Gasteiger partial charge >= 0.3 is 6.09 Å². The molecule has 9 nitrogen and oxygen atoms in total. The Morgan fingerprint density at radius 3 is 2.76 bits per heavy atom. The summed E-state index contributed by atoms with van der Waals surface area (Å²) >= 11 is 0. The monoisotopic (exact) mass is 464 g/mol. The maximum Gasteiger partial charge on any atom is 0.414 e. The topological polar surface area (TPSA) is 113 Å². The van der Waals surface area contributed by atoms with Crippen molar-refractivity contribution in [1.82, 2.24) is 20.1 Å². The van der Waals surface area contributed by atoms with Gasteiger partial charge in [0.2, 0.25) is 5.91 Å². The number of rotatable bonds is 8. The van der Waals surface area contributed by atoms with Crippen molar-refractivity contribution in [3.05, 3.63) is 66.5 Å². The van der Waals surface area contributed by atoms with Gasteiger partial charge in [0, 0.05) is 48.8 Å². The molecule has 4 rings (SSSR count). The number of carbonyl (C=O) groups is 2. The summed E-state index contributed by atoms with van der Waals surface area (Å²) in [5.41, 5.74) is 2.56. The van der Waals surface area contributed by atoms with Gasteiger partial charge in [0.25, 0.3) is 0 Å². The van der Waals surface area contributed by atoms with Gasteiger partial charge in [-0.05, 0) is 42.8 Å². The molecular formula is C24H25FN6O3. The number of hydrogen-bond donors (Lipinski definition) is 2. The van der Waals surface area contributed by atoms with E-state index in [9.17, 15) is 14.0 Å². The van der Waals surface area contributed by atoms with Crippen LogP contribution in [0.3, 0.4) is 0 Å². The van der Waals surface area contributed by atoms with Crippen LogP contribution < -0.4 is 10.2 Å². The number of halogens is 1. The van der Waals surface area contributed by atoms with Crippen molar-refractivity contribution in [2.24, 2.45) is 0 Å². The van der Waals surface area contributed by atoms with Crippen molar-refractivity contribution in [3.63, 3.8) is 0 Å². The second kappa shape index (κ2) is 9.82. The molecule has 1 aliphatic heterocycles. The Hall–Kier alpha value is -4.08. The minimum atomic E-state index is -0.602. The predicted molar refractivity (Wildman–Crippen MR) is 124 cm³/mol. The van der Waals surface area contributed by atoms with Crippen molar-refractivity contribution >= 4 is 23.4 Å². The van der Waals surface area contributed by atoms with Gasteiger partial charge in [-0.2, -0.15) is 5.10 Å². The van der Waals surface area contributed by atoms with Gasteiger partial charge in [0.15, 0.2) is 0 Å². The van der Waals surface area contributed by atoms with Crippen LogP contribution in [0.4, 0.5) is 14.9 Å². The summed E-state index contributed by atoms with van der Waals surface area (Å²) < 4.78 is 21.9. The van der Waals surface area contributed by atoms with E-state index in [0.29, 0.717) is 5.69 Å². The van der Waals surface area contributed by atoms with E-state index in [1.54, 1.807) is 29.3 Å². The first-order chi connectivity index (χ1) is 16.3. The van der Waals surface area contributed by atoms with Gasteiger partial charge in [0.1, 0.15) is 11.9 Å². The number of pyridine rings is 1. The van der Waals surface area contributed by atoms with Crippen LogP contribution in [0.15, 0.2) is 55.1 Å². The average molecular weight is 465 g/mol. The van der Waals surface area contributed by atoms with Crippen LogP contribution >= 0.6 is 0 Å². The molecule has 2 atom stereocenters. The summed E-state index contributed by atoms with van der Waals surface area (Å²) in [5.74, 6) is -0.813. The molecule has 0 spiro atoms. The number of nitrogens with one attached hydrogen (secondary N) is 2. The molecule has 3 aromatic rings. The fraction of sp³-hybridized carbons (Fsp3) is 0.292. The van der Waals surface area contributed by atoms with Crippen molar-refractivity contribution in [3.8, 4) is 11.1 Å². The lowest BCUT2D eigenvalue weighted by molar-refractivity contribution is -0.119. The highest BCUT2D eigenvalue weighted by Crippen LogP contribution is 2.26. The number of ether oxygens (including phenoxy) is 1. The molecule has 1 saturated heterocycles. The molecular weight excluding hydrogens is 439 g/mol. The van der Waals surface area contributed by atoms with Crippen LogP contribution in [0.1, 0.15) is 31.9 Å². The fourth-order valence-corrected chi connectivity index (χ4v) is 3.78. The number of hydrogen-bond acceptors (Lipinski definition) is 6. The maximum absolute atomic E-state index is 14.9. The van der Waals surface area contributed by atoms with Crippen LogP contribution in [-0.4, -0.2) is 51.7 Å². The van der Waals surface area contributed by atoms with E-state index in [0.717, 1.165) is 11.1 Å². The zero-order valence-electron chi connectivity index (χ0n) is 18.9. The van der Waals surface area contributed by atoms with Gasteiger partial charge in [-0.3, -0.25) is 19.4 Å². The number of aromatic nitrogens is 3. The SMILES string of the molecule is CC(=O)NC[C@H]1CN(c2ccc(C(=N)C[C@H](C)n3cc(-c4ccncc4)cn3)c(F)c2)C(=O)O1. The lowest BCUT2D eigenvalue weighted by Crippen LogP contribution is -2.33. The second-order valence-corrected chi connectivity index (χ2v) is 8.19. The van der Waals surface area contributed by atoms with Crippen LogP contribution in [0.25, 0.3) is 11.1 Å². The van der Waals surface area contributed by atoms with E-state index in [-0.39, 0.29) is 42.7 Å². The third-order valence-corrected chi connectivity index (χ3v) is 5.61. The van der Waals surface area contributed by atoms with Crippen molar-refractivity contribution in [2.45, 2.75) is 32.4 Å². The molecule has 1 aliphatic rings. The lowest BCUT2D eigenvalue weighted by Gasteiger charge is -2.16. The lowest BCUT2D eigenvalue weighted by atomic mass is 10.0. The molecule has 34 heavy (non-hydrogen) atoms. The van der Waals surface area contributed by atoms with Gasteiger partial charge in [-0.15, -0.1) is 0 Å². The summed E-state index contributed by atoms with van der Waals surface area (Å²) in [4.78, 5) is 28.6. The Kier molecular flexibility index (Phi) is 6.67. The molecule has 10 heteroatoms. The van der Waals surface area contributed by atoms with Gasteiger partial charge < -0.3 is 15.5 Å². The highest BCUT2D eigenvalue weighted by Gasteiger charge is 2.32. The second-order valence-electron chi connectivity index (χ2n) is 8.19. The number of amides is 2. The summed E-state index contributed by atoms with van der Waals surface area (Å²) in [6.07, 6.45) is 6.23. The number of benzene rings is 1. The summed E-state index contributed by atoms with van der Waals surface area (Å²) in [6, 6.07) is 7.94. The third-order valence-electron chi connectivity index (χ3n) is 5.61. The smallest absolute Gasteiger partial charge is 0.414 e. The molecule has 176 valence electrons. The van der Waals surface area contributed by atoms with Crippen molar-refractivity contribution in [2.75, 3.05) is 18.0 Å². The number of carbonyl (C=O) groups excluding carboxylic acids is 2. The highest BCUT2D eigenvalue weighted by molar-refractivity contribution is 5.99. The Labute approximate surface area is 196 Å². The molecule has 2 N–H and O–H groups in total. The maximum atomic E-state index is 14.9. The van der Waals surface area contributed by atoms with Gasteiger partial charge in [0.05, 0.1) is 31.0 Å². The van der Waals surface area contributed by atoms with Crippen molar-refractivity contribution in [1.29, 1.82) is 5.41 Å². The minimum Gasteiger partial charge on any atom is -0.442 e. The largest absolute Gasteiger partial charge is 0.442 e. The molecule has 0 radical (unpaired) electrons. The highest BCUT2D eigenvalue weighted by atomic mass is 19.1. The third kappa shape index (κ3) is 5.11. The first-order valence-electron chi connectivity index (χ1n) is 10.9. The fourth-order valence-electron chi connectivity index (χ4n) is 3.78. The van der Waals surface area contributed by atoms with E-state index in [1.807, 2.05) is 25.3 Å². The van der Waals surface area contributed by atoms with Gasteiger partial charge in [-0.1, -0.05) is 0 Å². The summed E-state index contributed by atoms with van der Waals surface area (Å²) in [7, 11) is 0. The predicted octanol–water partition coefficient (Wildman–Crippen LogP) is 3.56. The molecule has 0 aliphatic carbocycles. The normalized spacial score (nSPS) is 16.3. The van der Waals surface area contributed by atoms with E-state index >= 15 is 0 Å². The molecule has 2 amide bonds. The minimum absolute atomic E-state index is 0.130. The summed E-state index contributed by atoms with van der Waals surface area (Å²) in [5, 5.41) is 15.4. The van der Waals surface area contributed by atoms with Crippen LogP contribution in [0.5, 0.6) is 0 Å². The zero-order chi connectivity index (χ0) is 24.2. The standard InChI is InChI=1S/C24H25FN6O3/c1-15(31-13-18(11-29-31)17-5-7-27-8-6-17)9-23(26)21-4-3-19(10-22(21)25)30-14-20(34-24(30)33)12-28-16(2)32/h3-8,10-11,13,15,20,26H,9,12,14H2,1-2H3,(H,28,32)/t15-,20-/m0/s1. The molecule has 2 aromatic heterocycles. The van der Waals surface area contributed by atoms with Crippen LogP contribution in [-0.2, 0) is 9.53 Å². The van der Waals surface area contributed by atoms with Crippen LogP contribution in [0, 0.1) is 11.2 Å². The Morgan fingerprint density at radius 2 is 2.06 bits per heavy atom. The molecule has 3 heterocycles. The molecule has 0 bridgehead atoms. The van der Waals surface area contributed by atoms with E-state index in [1.165, 1.54) is 24.0 Å². The Bertz CT molecular complexity index is 1210. The van der Waals surface area contributed by atoms with Crippen molar-refractivity contribution < 1.29 is 18.7 Å². The van der Waals surface area contributed by atoms with E-state index in [4.69, 9.17) is 10.1 Å². The van der Waals surface area contributed by atoms with E-state index < -0.39 is 18.0 Å². The first-order valence-corrected chi connectivity index (χ1v) is 10.9. The Balaban J connectivity index is 1.41. The number of nitrogens with zero attached hydrogens (tertiary/aromatic N) is 4. The molecule has 0 saturated carbocycles. The quantitative estimate of drug-likeness (QED) is 0.495. The molecule has 1 fully saturated rings. The molecule has 1 aromatic carbocycles. The zero-order valence-corrected chi connectivity index (χ0v) is 18.9. The number of anilines is 1. The molecule has 0 unspecified atom stereocenters. The summed E-state index contributed by atoms with van der Waals surface area (Å²) in [6.45, 7) is 3.69. The Morgan fingerprint density at radius 1 is 1.29 bits per heavy atom. The first kappa shape index (κ1) is 23.1. The van der Waals surface area contributed by atoms with E-state index in [2.05, 4.69) is 15.4 Å². The van der Waals surface area contributed by atoms with Gasteiger partial charge in [-0.25, -0.2) is 9.18 Å².